The summed E-state index contributed by atoms with van der Waals surface area (Å²) in [5, 5.41) is 10.8. The van der Waals surface area contributed by atoms with E-state index in [4.69, 9.17) is 0 Å². The predicted molar refractivity (Wildman–Crippen MR) is 85.3 cm³/mol. The van der Waals surface area contributed by atoms with Crippen LogP contribution in [0.3, 0.4) is 0 Å². The number of pyridine rings is 1. The number of hydrazine groups is 1. The van der Waals surface area contributed by atoms with E-state index in [9.17, 15) is 14.9 Å². The third-order valence-corrected chi connectivity index (χ3v) is 3.34. The highest BCUT2D eigenvalue weighted by atomic mass is 16.6. The lowest BCUT2D eigenvalue weighted by atomic mass is 10.1. The Hall–Kier alpha value is -2.18. The Bertz CT molecular complexity index is 480. The Kier molecular flexibility index (Phi) is 8.56. The van der Waals surface area contributed by atoms with Crippen molar-refractivity contribution in [1.82, 2.24) is 10.4 Å². The number of unbranched alkanes of at least 4 members (excludes halogenated alkanes) is 6. The second kappa shape index (κ2) is 10.5. The Morgan fingerprint density at radius 3 is 2.59 bits per heavy atom. The highest BCUT2D eigenvalue weighted by Crippen LogP contribution is 2.20. The van der Waals surface area contributed by atoms with Gasteiger partial charge in [0.1, 0.15) is 11.9 Å². The molecule has 2 N–H and O–H groups in total. The van der Waals surface area contributed by atoms with Crippen LogP contribution in [0.15, 0.2) is 18.5 Å². The van der Waals surface area contributed by atoms with Crippen molar-refractivity contribution in [1.29, 1.82) is 0 Å². The largest absolute Gasteiger partial charge is 0.312 e. The maximum atomic E-state index is 11.7. The summed E-state index contributed by atoms with van der Waals surface area (Å²) in [7, 11) is 0. The second-order valence-corrected chi connectivity index (χ2v) is 5.19. The van der Waals surface area contributed by atoms with E-state index in [0.717, 1.165) is 25.5 Å². The van der Waals surface area contributed by atoms with Gasteiger partial charge in [0, 0.05) is 12.6 Å². The van der Waals surface area contributed by atoms with Crippen LogP contribution >= 0.6 is 0 Å². The molecule has 0 aliphatic rings. The third kappa shape index (κ3) is 7.01. The lowest BCUT2D eigenvalue weighted by Crippen LogP contribution is -2.29. The number of hydrogen-bond acceptors (Lipinski definition) is 5. The monoisotopic (exact) mass is 308 g/mol. The van der Waals surface area contributed by atoms with Gasteiger partial charge in [-0.1, -0.05) is 45.4 Å². The minimum atomic E-state index is -0.544. The third-order valence-electron chi connectivity index (χ3n) is 3.34. The van der Waals surface area contributed by atoms with Gasteiger partial charge in [-0.3, -0.25) is 30.7 Å². The van der Waals surface area contributed by atoms with E-state index in [0.29, 0.717) is 6.42 Å². The summed E-state index contributed by atoms with van der Waals surface area (Å²) in [6.07, 6.45) is 11.0. The molecular formula is C15H24N4O3. The number of amides is 1. The molecule has 0 aliphatic carbocycles. The predicted octanol–water partition coefficient (Wildman–Crippen LogP) is 3.57. The van der Waals surface area contributed by atoms with Crippen LogP contribution in [0.4, 0.5) is 11.4 Å². The fourth-order valence-electron chi connectivity index (χ4n) is 2.08. The van der Waals surface area contributed by atoms with Crippen molar-refractivity contribution in [3.8, 4) is 0 Å². The Morgan fingerprint density at radius 1 is 1.23 bits per heavy atom. The number of carbonyl (C=O) groups is 1. The molecule has 0 fully saturated rings. The molecule has 0 saturated carbocycles. The van der Waals surface area contributed by atoms with Crippen LogP contribution in [-0.4, -0.2) is 15.8 Å². The fraction of sp³-hybridized carbons (Fsp3) is 0.600. The first-order valence-corrected chi connectivity index (χ1v) is 7.78. The molecule has 7 heteroatoms. The van der Waals surface area contributed by atoms with Gasteiger partial charge in [0.05, 0.1) is 4.92 Å². The number of nitrogens with zero attached hydrogens (tertiary/aromatic N) is 2. The first-order chi connectivity index (χ1) is 10.6. The van der Waals surface area contributed by atoms with E-state index >= 15 is 0 Å². The molecule has 0 unspecified atom stereocenters. The van der Waals surface area contributed by atoms with Gasteiger partial charge < -0.3 is 0 Å². The average Bonchev–Trinajstić information content (AvgIpc) is 2.52. The van der Waals surface area contributed by atoms with Crippen LogP contribution in [0.25, 0.3) is 0 Å². The summed E-state index contributed by atoms with van der Waals surface area (Å²) < 4.78 is 0. The van der Waals surface area contributed by atoms with Gasteiger partial charge in [-0.05, 0) is 12.5 Å². The highest BCUT2D eigenvalue weighted by Gasteiger charge is 2.13. The summed E-state index contributed by atoms with van der Waals surface area (Å²) in [5.74, 6) is -0.167. The lowest BCUT2D eigenvalue weighted by molar-refractivity contribution is -0.384. The van der Waals surface area contributed by atoms with Crippen molar-refractivity contribution in [3.63, 3.8) is 0 Å². The average molecular weight is 308 g/mol. The summed E-state index contributed by atoms with van der Waals surface area (Å²) in [6.45, 7) is 2.18. The molecule has 0 saturated heterocycles. The molecule has 1 aromatic rings. The minimum Gasteiger partial charge on any atom is -0.292 e. The highest BCUT2D eigenvalue weighted by molar-refractivity contribution is 5.78. The maximum Gasteiger partial charge on any atom is 0.312 e. The molecule has 0 radical (unpaired) electrons. The Morgan fingerprint density at radius 2 is 1.91 bits per heavy atom. The quantitative estimate of drug-likeness (QED) is 0.370. The molecule has 0 bridgehead atoms. The van der Waals surface area contributed by atoms with E-state index in [1.165, 1.54) is 37.9 Å². The summed E-state index contributed by atoms with van der Waals surface area (Å²) >= 11 is 0. The zero-order chi connectivity index (χ0) is 16.2. The van der Waals surface area contributed by atoms with E-state index in [1.54, 1.807) is 0 Å². The van der Waals surface area contributed by atoms with Crippen molar-refractivity contribution < 1.29 is 9.72 Å². The van der Waals surface area contributed by atoms with Crippen molar-refractivity contribution in [3.05, 3.63) is 28.6 Å². The molecule has 0 aliphatic heterocycles. The van der Waals surface area contributed by atoms with Crippen LogP contribution in [0, 0.1) is 10.1 Å². The van der Waals surface area contributed by atoms with Gasteiger partial charge in [0.2, 0.25) is 5.91 Å². The first kappa shape index (κ1) is 17.9. The number of anilines is 1. The van der Waals surface area contributed by atoms with Gasteiger partial charge in [0.15, 0.2) is 0 Å². The molecule has 1 aromatic heterocycles. The SMILES string of the molecule is CCCCCCCCCC(=O)NNc1ccncc1[N+](=O)[O-]. The molecule has 0 atom stereocenters. The van der Waals surface area contributed by atoms with Crippen LogP contribution in [0.1, 0.15) is 58.3 Å². The van der Waals surface area contributed by atoms with Crippen molar-refractivity contribution >= 4 is 17.3 Å². The number of aromatic nitrogens is 1. The van der Waals surface area contributed by atoms with Crippen molar-refractivity contribution in [2.45, 2.75) is 58.3 Å². The zero-order valence-electron chi connectivity index (χ0n) is 13.0. The standard InChI is InChI=1S/C15H24N4O3/c1-2-3-4-5-6-7-8-9-15(20)18-17-13-10-11-16-12-14(13)19(21)22/h10-12H,2-9H2,1H3,(H,16,17)(H,18,20). The Balaban J connectivity index is 2.20. The van der Waals surface area contributed by atoms with Crippen molar-refractivity contribution in [2.24, 2.45) is 0 Å². The number of nitrogens with one attached hydrogen (secondary N) is 2. The maximum absolute atomic E-state index is 11.7. The summed E-state index contributed by atoms with van der Waals surface area (Å²) in [4.78, 5) is 25.6. The molecule has 122 valence electrons. The second-order valence-electron chi connectivity index (χ2n) is 5.19. The van der Waals surface area contributed by atoms with Gasteiger partial charge in [-0.25, -0.2) is 0 Å². The summed E-state index contributed by atoms with van der Waals surface area (Å²) in [6, 6.07) is 1.45. The fourth-order valence-corrected chi connectivity index (χ4v) is 2.08. The van der Waals surface area contributed by atoms with Gasteiger partial charge in [-0.15, -0.1) is 0 Å². The van der Waals surface area contributed by atoms with Gasteiger partial charge in [-0.2, -0.15) is 0 Å². The number of hydrogen-bond donors (Lipinski definition) is 2. The van der Waals surface area contributed by atoms with Gasteiger partial charge in [0.25, 0.3) is 0 Å². The van der Waals surface area contributed by atoms with Gasteiger partial charge >= 0.3 is 5.69 Å². The first-order valence-electron chi connectivity index (χ1n) is 7.78. The van der Waals surface area contributed by atoms with E-state index in [2.05, 4.69) is 22.8 Å². The van der Waals surface area contributed by atoms with E-state index in [1.807, 2.05) is 0 Å². The van der Waals surface area contributed by atoms with E-state index in [-0.39, 0.29) is 17.3 Å². The molecule has 22 heavy (non-hydrogen) atoms. The van der Waals surface area contributed by atoms with Crippen molar-refractivity contribution in [2.75, 3.05) is 5.43 Å². The number of rotatable bonds is 11. The molecule has 1 heterocycles. The topological polar surface area (TPSA) is 97.2 Å². The number of nitro groups is 1. The smallest absolute Gasteiger partial charge is 0.292 e. The van der Waals surface area contributed by atoms with E-state index < -0.39 is 4.92 Å². The minimum absolute atomic E-state index is 0.167. The molecular weight excluding hydrogens is 284 g/mol. The van der Waals surface area contributed by atoms with Crippen LogP contribution < -0.4 is 10.9 Å². The lowest BCUT2D eigenvalue weighted by Gasteiger charge is -2.08. The molecule has 0 spiro atoms. The molecule has 0 aromatic carbocycles. The molecule has 1 amide bonds. The normalized spacial score (nSPS) is 10.2. The van der Waals surface area contributed by atoms with Crippen LogP contribution in [0.5, 0.6) is 0 Å². The van der Waals surface area contributed by atoms with Crippen LogP contribution in [0.2, 0.25) is 0 Å². The van der Waals surface area contributed by atoms with Crippen LogP contribution in [-0.2, 0) is 4.79 Å². The zero-order valence-corrected chi connectivity index (χ0v) is 13.0. The molecule has 7 nitrogen and oxygen atoms in total. The Labute approximate surface area is 130 Å². The molecule has 1 rings (SSSR count). The summed E-state index contributed by atoms with van der Waals surface area (Å²) in [5.41, 5.74) is 5.13. The number of carbonyl (C=O) groups excluding carboxylic acids is 1.